The van der Waals surface area contributed by atoms with Gasteiger partial charge in [-0.25, -0.2) is 0 Å². The highest BCUT2D eigenvalue weighted by molar-refractivity contribution is 6.42. The predicted octanol–water partition coefficient (Wildman–Crippen LogP) is 5.91. The molecule has 0 fully saturated rings. The van der Waals surface area contributed by atoms with Gasteiger partial charge in [-0.05, 0) is 58.7 Å². The van der Waals surface area contributed by atoms with E-state index in [9.17, 15) is 19.2 Å². The zero-order chi connectivity index (χ0) is 27.8. The van der Waals surface area contributed by atoms with Crippen molar-refractivity contribution < 1.29 is 19.2 Å². The number of carbonyl (C=O) groups excluding carboxylic acids is 4. The lowest BCUT2D eigenvalue weighted by Crippen LogP contribution is -2.46. The van der Waals surface area contributed by atoms with Gasteiger partial charge in [0.1, 0.15) is 0 Å². The number of allylic oxidation sites excluding steroid dienone is 2. The SMILES string of the molecule is O=C1C(=Cc2ccc3c(c2)CN2CN3Cc3cc(C=C4C(=O)c5ccccc5C4=O)ccc32)C(=O)c2ccccc21. The van der Waals surface area contributed by atoms with E-state index in [1.165, 1.54) is 0 Å². The van der Waals surface area contributed by atoms with Gasteiger partial charge in [-0.15, -0.1) is 0 Å². The van der Waals surface area contributed by atoms with Crippen molar-refractivity contribution in [3.8, 4) is 0 Å². The lowest BCUT2D eigenvalue weighted by atomic mass is 9.97. The molecule has 0 saturated heterocycles. The Balaban J connectivity index is 1.09. The summed E-state index contributed by atoms with van der Waals surface area (Å²) in [6.07, 6.45) is 3.41. The van der Waals surface area contributed by atoms with E-state index in [2.05, 4.69) is 34.1 Å². The summed E-state index contributed by atoms with van der Waals surface area (Å²) in [5.41, 5.74) is 8.39. The van der Waals surface area contributed by atoms with Gasteiger partial charge in [-0.1, -0.05) is 60.7 Å². The highest BCUT2D eigenvalue weighted by Crippen LogP contribution is 2.40. The molecule has 41 heavy (non-hydrogen) atoms. The van der Waals surface area contributed by atoms with Crippen LogP contribution in [0, 0.1) is 0 Å². The van der Waals surface area contributed by atoms with Crippen molar-refractivity contribution in [2.24, 2.45) is 0 Å². The summed E-state index contributed by atoms with van der Waals surface area (Å²) in [5, 5.41) is 0. The molecule has 4 aromatic rings. The molecule has 0 saturated carbocycles. The molecule has 0 amide bonds. The highest BCUT2D eigenvalue weighted by Gasteiger charge is 2.34. The van der Waals surface area contributed by atoms with Crippen LogP contribution in [0.2, 0.25) is 0 Å². The Morgan fingerprint density at radius 1 is 0.488 bits per heavy atom. The van der Waals surface area contributed by atoms with Gasteiger partial charge in [-0.2, -0.15) is 0 Å². The van der Waals surface area contributed by atoms with Gasteiger partial charge in [-0.3, -0.25) is 19.2 Å². The van der Waals surface area contributed by atoms with E-state index in [1.807, 2.05) is 12.1 Å². The van der Waals surface area contributed by atoms with Crippen LogP contribution in [0.15, 0.2) is 96.1 Å². The molecule has 2 aliphatic carbocycles. The second-order valence-electron chi connectivity index (χ2n) is 10.8. The number of ketones is 4. The summed E-state index contributed by atoms with van der Waals surface area (Å²) < 4.78 is 0. The van der Waals surface area contributed by atoms with Gasteiger partial charge >= 0.3 is 0 Å². The predicted molar refractivity (Wildman–Crippen MR) is 156 cm³/mol. The Kier molecular flexibility index (Phi) is 4.92. The topological polar surface area (TPSA) is 74.8 Å². The van der Waals surface area contributed by atoms with E-state index in [1.54, 1.807) is 60.7 Å². The quantitative estimate of drug-likeness (QED) is 0.235. The van der Waals surface area contributed by atoms with Crippen molar-refractivity contribution >= 4 is 46.7 Å². The van der Waals surface area contributed by atoms with Crippen LogP contribution in [0.1, 0.15) is 63.7 Å². The van der Waals surface area contributed by atoms with Gasteiger partial charge in [0.05, 0.1) is 17.8 Å². The largest absolute Gasteiger partial charge is 0.349 e. The fourth-order valence-electron chi connectivity index (χ4n) is 6.44. The Morgan fingerprint density at radius 3 is 1.22 bits per heavy atom. The third-order valence-corrected chi connectivity index (χ3v) is 8.39. The highest BCUT2D eigenvalue weighted by atomic mass is 16.2. The molecule has 6 heteroatoms. The Labute approximate surface area is 235 Å². The van der Waals surface area contributed by atoms with Gasteiger partial charge in [0.2, 0.25) is 0 Å². The second kappa shape index (κ2) is 8.57. The maximum Gasteiger partial charge on any atom is 0.197 e. The smallest absolute Gasteiger partial charge is 0.197 e. The number of nitrogens with zero attached hydrogens (tertiary/aromatic N) is 2. The number of Topliss-reactive ketones (excluding diaryl/α,β-unsaturated/α-hetero) is 4. The number of fused-ring (bicyclic) bond motifs is 8. The molecule has 4 aromatic carbocycles. The molecule has 0 radical (unpaired) electrons. The molecule has 8 rings (SSSR count). The lowest BCUT2D eigenvalue weighted by molar-refractivity contribution is 0.0975. The van der Waals surface area contributed by atoms with Crippen LogP contribution in [0.4, 0.5) is 11.4 Å². The van der Waals surface area contributed by atoms with Crippen molar-refractivity contribution in [1.29, 1.82) is 0 Å². The van der Waals surface area contributed by atoms with E-state index in [4.69, 9.17) is 0 Å². The van der Waals surface area contributed by atoms with Crippen molar-refractivity contribution in [3.05, 3.63) is 141 Å². The van der Waals surface area contributed by atoms with Crippen LogP contribution < -0.4 is 9.80 Å². The molecular formula is C35H22N2O4. The van der Waals surface area contributed by atoms with Gasteiger partial charge < -0.3 is 9.80 Å². The molecule has 0 aromatic heterocycles. The second-order valence-corrected chi connectivity index (χ2v) is 10.8. The van der Waals surface area contributed by atoms with E-state index in [-0.39, 0.29) is 34.3 Å². The van der Waals surface area contributed by atoms with Crippen LogP contribution in [0.5, 0.6) is 0 Å². The molecule has 0 spiro atoms. The minimum atomic E-state index is -0.225. The third kappa shape index (κ3) is 3.50. The fourth-order valence-corrected chi connectivity index (χ4v) is 6.44. The number of hydrogen-bond donors (Lipinski definition) is 0. The zero-order valence-electron chi connectivity index (χ0n) is 21.9. The summed E-state index contributed by atoms with van der Waals surface area (Å²) in [5.74, 6) is -0.899. The molecule has 196 valence electrons. The van der Waals surface area contributed by atoms with Crippen LogP contribution in [0.3, 0.4) is 0 Å². The molecule has 6 nitrogen and oxygen atoms in total. The zero-order valence-corrected chi connectivity index (χ0v) is 21.9. The molecule has 0 atom stereocenters. The number of carbonyl (C=O) groups is 4. The van der Waals surface area contributed by atoms with Gasteiger partial charge in [0.15, 0.2) is 23.1 Å². The normalized spacial score (nSPS) is 16.5. The van der Waals surface area contributed by atoms with Crippen LogP contribution in [0.25, 0.3) is 12.2 Å². The van der Waals surface area contributed by atoms with Crippen molar-refractivity contribution in [3.63, 3.8) is 0 Å². The maximum atomic E-state index is 12.9. The molecule has 2 aliphatic heterocycles. The van der Waals surface area contributed by atoms with Crippen LogP contribution in [-0.2, 0) is 13.1 Å². The lowest BCUT2D eigenvalue weighted by Gasteiger charge is -2.45. The van der Waals surface area contributed by atoms with E-state index in [0.29, 0.717) is 35.3 Å². The first-order valence-corrected chi connectivity index (χ1v) is 13.5. The first-order chi connectivity index (χ1) is 20.0. The van der Waals surface area contributed by atoms with E-state index in [0.717, 1.165) is 40.3 Å². The van der Waals surface area contributed by atoms with E-state index < -0.39 is 0 Å². The van der Waals surface area contributed by atoms with Crippen LogP contribution in [-0.4, -0.2) is 29.8 Å². The van der Waals surface area contributed by atoms with Crippen molar-refractivity contribution in [1.82, 2.24) is 0 Å². The monoisotopic (exact) mass is 534 g/mol. The molecular weight excluding hydrogens is 512 g/mol. The first-order valence-electron chi connectivity index (χ1n) is 13.5. The molecule has 2 heterocycles. The summed E-state index contributed by atoms with van der Waals surface area (Å²) >= 11 is 0. The standard InChI is InChI=1S/C35H22N2O4/c38-32-24-5-1-2-6-25(24)33(39)28(32)15-20-9-11-30-22(13-20)17-36-19-37(30)18-23-14-21(10-12-31(23)36)16-29-34(40)26-7-3-4-8-27(26)35(29)41/h1-16H,17-19H2. The van der Waals surface area contributed by atoms with Crippen molar-refractivity contribution in [2.75, 3.05) is 16.5 Å². The summed E-state index contributed by atoms with van der Waals surface area (Å²) in [6, 6.07) is 26.0. The molecule has 2 bridgehead atoms. The average Bonchev–Trinajstić information content (AvgIpc) is 3.37. The summed E-state index contributed by atoms with van der Waals surface area (Å²) in [7, 11) is 0. The average molecular weight is 535 g/mol. The number of anilines is 2. The first kappa shape index (κ1) is 23.5. The van der Waals surface area contributed by atoms with Gasteiger partial charge in [0, 0.05) is 46.7 Å². The van der Waals surface area contributed by atoms with E-state index >= 15 is 0 Å². The Bertz CT molecular complexity index is 1750. The summed E-state index contributed by atoms with van der Waals surface area (Å²) in [4.78, 5) is 56.1. The Hall–Kier alpha value is -5.36. The Morgan fingerprint density at radius 2 is 0.854 bits per heavy atom. The third-order valence-electron chi connectivity index (χ3n) is 8.39. The van der Waals surface area contributed by atoms with Gasteiger partial charge in [0.25, 0.3) is 0 Å². The van der Waals surface area contributed by atoms with Crippen LogP contribution >= 0.6 is 0 Å². The minimum Gasteiger partial charge on any atom is -0.349 e. The van der Waals surface area contributed by atoms with Crippen molar-refractivity contribution in [2.45, 2.75) is 13.1 Å². The number of rotatable bonds is 2. The number of hydrogen-bond acceptors (Lipinski definition) is 6. The molecule has 4 aliphatic rings. The maximum absolute atomic E-state index is 12.9. The number of benzene rings is 4. The minimum absolute atomic E-state index is 0.206. The molecule has 0 N–H and O–H groups in total. The summed E-state index contributed by atoms with van der Waals surface area (Å²) in [6.45, 7) is 2.12. The fraction of sp³-hybridized carbons (Fsp3) is 0.0857. The molecule has 0 unspecified atom stereocenters.